The molecule has 0 aliphatic rings. The number of benzene rings is 2. The summed E-state index contributed by atoms with van der Waals surface area (Å²) in [6.45, 7) is 0.483. The molecule has 1 heterocycles. The summed E-state index contributed by atoms with van der Waals surface area (Å²) >= 11 is 1.62. The molecule has 0 radical (unpaired) electrons. The SMILES string of the molecule is COc1ccccc1-c1nc(-c2ccccc2)c(CN)s1. The molecule has 4 heteroatoms. The van der Waals surface area contributed by atoms with Crippen LogP contribution in [0.4, 0.5) is 0 Å². The van der Waals surface area contributed by atoms with Gasteiger partial charge in [0.25, 0.3) is 0 Å². The van der Waals surface area contributed by atoms with Crippen LogP contribution in [-0.2, 0) is 6.54 Å². The van der Waals surface area contributed by atoms with Crippen molar-refractivity contribution in [3.8, 4) is 27.6 Å². The van der Waals surface area contributed by atoms with Crippen LogP contribution < -0.4 is 10.5 Å². The second-order valence-corrected chi connectivity index (χ2v) is 5.64. The molecule has 0 saturated carbocycles. The minimum Gasteiger partial charge on any atom is -0.496 e. The summed E-state index contributed by atoms with van der Waals surface area (Å²) in [7, 11) is 1.67. The number of ether oxygens (including phenoxy) is 1. The van der Waals surface area contributed by atoms with E-state index in [1.807, 2.05) is 42.5 Å². The molecule has 3 rings (SSSR count). The van der Waals surface area contributed by atoms with Crippen LogP contribution in [0, 0.1) is 0 Å². The number of hydrogen-bond acceptors (Lipinski definition) is 4. The molecule has 0 spiro atoms. The molecule has 106 valence electrons. The molecule has 2 aromatic carbocycles. The lowest BCUT2D eigenvalue weighted by Crippen LogP contribution is -1.95. The fourth-order valence-electron chi connectivity index (χ4n) is 2.25. The number of hydrogen-bond donors (Lipinski definition) is 1. The lowest BCUT2D eigenvalue weighted by Gasteiger charge is -2.04. The molecule has 3 aromatic rings. The van der Waals surface area contributed by atoms with E-state index < -0.39 is 0 Å². The van der Waals surface area contributed by atoms with Gasteiger partial charge in [-0.1, -0.05) is 42.5 Å². The molecule has 0 bridgehead atoms. The molecule has 0 aliphatic carbocycles. The standard InChI is InChI=1S/C17H16N2OS/c1-20-14-10-6-5-9-13(14)17-19-16(15(11-18)21-17)12-7-3-2-4-8-12/h2-10H,11,18H2,1H3. The van der Waals surface area contributed by atoms with Gasteiger partial charge in [0.1, 0.15) is 10.8 Å². The highest BCUT2D eigenvalue weighted by atomic mass is 32.1. The summed E-state index contributed by atoms with van der Waals surface area (Å²) in [5.41, 5.74) is 8.95. The second-order valence-electron chi connectivity index (χ2n) is 4.56. The van der Waals surface area contributed by atoms with Crippen LogP contribution in [0.3, 0.4) is 0 Å². The van der Waals surface area contributed by atoms with Gasteiger partial charge < -0.3 is 10.5 Å². The van der Waals surface area contributed by atoms with E-state index in [0.717, 1.165) is 32.5 Å². The predicted molar refractivity (Wildman–Crippen MR) is 87.4 cm³/mol. The van der Waals surface area contributed by atoms with Gasteiger partial charge in [0.05, 0.1) is 18.4 Å². The summed E-state index contributed by atoms with van der Waals surface area (Å²) in [6, 6.07) is 18.0. The maximum Gasteiger partial charge on any atom is 0.129 e. The van der Waals surface area contributed by atoms with Gasteiger partial charge in [-0.2, -0.15) is 0 Å². The van der Waals surface area contributed by atoms with Crippen molar-refractivity contribution < 1.29 is 4.74 Å². The lowest BCUT2D eigenvalue weighted by atomic mass is 10.1. The highest BCUT2D eigenvalue weighted by Gasteiger charge is 2.15. The zero-order valence-corrected chi connectivity index (χ0v) is 12.6. The number of nitrogens with zero attached hydrogens (tertiary/aromatic N) is 1. The van der Waals surface area contributed by atoms with Crippen LogP contribution >= 0.6 is 11.3 Å². The maximum absolute atomic E-state index is 5.89. The summed E-state index contributed by atoms with van der Waals surface area (Å²) in [4.78, 5) is 5.87. The molecule has 2 N–H and O–H groups in total. The quantitative estimate of drug-likeness (QED) is 0.793. The van der Waals surface area contributed by atoms with E-state index in [-0.39, 0.29) is 0 Å². The lowest BCUT2D eigenvalue weighted by molar-refractivity contribution is 0.416. The van der Waals surface area contributed by atoms with Gasteiger partial charge in [0, 0.05) is 17.0 Å². The number of methoxy groups -OCH3 is 1. The van der Waals surface area contributed by atoms with Crippen molar-refractivity contribution >= 4 is 11.3 Å². The highest BCUT2D eigenvalue weighted by molar-refractivity contribution is 7.15. The van der Waals surface area contributed by atoms with Crippen molar-refractivity contribution in [3.63, 3.8) is 0 Å². The van der Waals surface area contributed by atoms with Crippen LogP contribution in [0.5, 0.6) is 5.75 Å². The van der Waals surface area contributed by atoms with Gasteiger partial charge in [-0.15, -0.1) is 11.3 Å². The Morgan fingerprint density at radius 2 is 1.76 bits per heavy atom. The Labute approximate surface area is 128 Å². The number of nitrogens with two attached hydrogens (primary N) is 1. The maximum atomic E-state index is 5.89. The third-order valence-corrected chi connectivity index (χ3v) is 4.38. The van der Waals surface area contributed by atoms with Gasteiger partial charge in [-0.3, -0.25) is 0 Å². The van der Waals surface area contributed by atoms with Gasteiger partial charge in [0.2, 0.25) is 0 Å². The van der Waals surface area contributed by atoms with Crippen LogP contribution in [-0.4, -0.2) is 12.1 Å². The Morgan fingerprint density at radius 3 is 2.48 bits per heavy atom. The van der Waals surface area contributed by atoms with Crippen molar-refractivity contribution in [2.24, 2.45) is 5.73 Å². The van der Waals surface area contributed by atoms with Crippen molar-refractivity contribution in [2.75, 3.05) is 7.11 Å². The van der Waals surface area contributed by atoms with E-state index in [4.69, 9.17) is 15.5 Å². The van der Waals surface area contributed by atoms with Crippen LogP contribution in [0.1, 0.15) is 4.88 Å². The molecule has 21 heavy (non-hydrogen) atoms. The van der Waals surface area contributed by atoms with Crippen molar-refractivity contribution in [3.05, 3.63) is 59.5 Å². The molecule has 0 aliphatic heterocycles. The first kappa shape index (κ1) is 13.8. The van der Waals surface area contributed by atoms with E-state index in [1.54, 1.807) is 18.4 Å². The first-order chi connectivity index (χ1) is 10.3. The van der Waals surface area contributed by atoms with Gasteiger partial charge in [0.15, 0.2) is 0 Å². The molecule has 3 nitrogen and oxygen atoms in total. The van der Waals surface area contributed by atoms with Gasteiger partial charge in [-0.05, 0) is 12.1 Å². The fraction of sp³-hybridized carbons (Fsp3) is 0.118. The van der Waals surface area contributed by atoms with Crippen molar-refractivity contribution in [1.82, 2.24) is 4.98 Å². The van der Waals surface area contributed by atoms with E-state index in [9.17, 15) is 0 Å². The smallest absolute Gasteiger partial charge is 0.129 e. The van der Waals surface area contributed by atoms with Crippen molar-refractivity contribution in [1.29, 1.82) is 0 Å². The number of rotatable bonds is 4. The monoisotopic (exact) mass is 296 g/mol. The Hall–Kier alpha value is -2.17. The topological polar surface area (TPSA) is 48.1 Å². The Balaban J connectivity index is 2.12. The van der Waals surface area contributed by atoms with E-state index in [2.05, 4.69) is 12.1 Å². The van der Waals surface area contributed by atoms with E-state index in [1.165, 1.54) is 0 Å². The Kier molecular flexibility index (Phi) is 3.99. The first-order valence-electron chi connectivity index (χ1n) is 6.72. The van der Waals surface area contributed by atoms with Crippen LogP contribution in [0.15, 0.2) is 54.6 Å². The third-order valence-electron chi connectivity index (χ3n) is 3.27. The summed E-state index contributed by atoms with van der Waals surface area (Å²) in [6.07, 6.45) is 0. The third kappa shape index (κ3) is 2.68. The average Bonchev–Trinajstić information content (AvgIpc) is 2.99. The van der Waals surface area contributed by atoms with E-state index >= 15 is 0 Å². The summed E-state index contributed by atoms with van der Waals surface area (Å²) in [5, 5.41) is 0.937. The molecule has 1 aromatic heterocycles. The fourth-order valence-corrected chi connectivity index (χ4v) is 3.24. The van der Waals surface area contributed by atoms with Crippen molar-refractivity contribution in [2.45, 2.75) is 6.54 Å². The van der Waals surface area contributed by atoms with Gasteiger partial charge >= 0.3 is 0 Å². The zero-order valence-electron chi connectivity index (χ0n) is 11.7. The Bertz CT molecular complexity index is 738. The average molecular weight is 296 g/mol. The van der Waals surface area contributed by atoms with Crippen LogP contribution in [0.2, 0.25) is 0 Å². The molecular weight excluding hydrogens is 280 g/mol. The minimum atomic E-state index is 0.483. The normalized spacial score (nSPS) is 10.6. The highest BCUT2D eigenvalue weighted by Crippen LogP contribution is 2.37. The van der Waals surface area contributed by atoms with Crippen LogP contribution in [0.25, 0.3) is 21.8 Å². The molecule has 0 unspecified atom stereocenters. The molecule has 0 atom stereocenters. The molecule has 0 amide bonds. The Morgan fingerprint density at radius 1 is 1.05 bits per heavy atom. The molecule has 0 saturated heterocycles. The number of para-hydroxylation sites is 1. The number of thiazole rings is 1. The first-order valence-corrected chi connectivity index (χ1v) is 7.53. The summed E-state index contributed by atoms with van der Waals surface area (Å²) in [5.74, 6) is 0.828. The number of aromatic nitrogens is 1. The largest absolute Gasteiger partial charge is 0.496 e. The van der Waals surface area contributed by atoms with Gasteiger partial charge in [-0.25, -0.2) is 4.98 Å². The predicted octanol–water partition coefficient (Wildman–Crippen LogP) is 3.94. The molecule has 0 fully saturated rings. The zero-order chi connectivity index (χ0) is 14.7. The van der Waals surface area contributed by atoms with E-state index in [0.29, 0.717) is 6.54 Å². The second kappa shape index (κ2) is 6.08. The summed E-state index contributed by atoms with van der Waals surface area (Å²) < 4.78 is 5.42. The molecular formula is C17H16N2OS. The minimum absolute atomic E-state index is 0.483.